The van der Waals surface area contributed by atoms with E-state index < -0.39 is 0 Å². The average Bonchev–Trinajstić information content (AvgIpc) is 2.86. The van der Waals surface area contributed by atoms with E-state index >= 15 is 0 Å². The Morgan fingerprint density at radius 1 is 1.14 bits per heavy atom. The third-order valence-electron chi connectivity index (χ3n) is 3.16. The molecule has 0 aliphatic carbocycles. The lowest BCUT2D eigenvalue weighted by molar-refractivity contribution is -0.121. The predicted molar refractivity (Wildman–Crippen MR) is 83.1 cm³/mol. The summed E-state index contributed by atoms with van der Waals surface area (Å²) in [6.45, 7) is 4.86. The summed E-state index contributed by atoms with van der Waals surface area (Å²) >= 11 is 0. The minimum Gasteiger partial charge on any atom is -0.360 e. The predicted octanol–water partition coefficient (Wildman–Crippen LogP) is 2.06. The Morgan fingerprint density at radius 2 is 1.86 bits per heavy atom. The first kappa shape index (κ1) is 15.1. The van der Waals surface area contributed by atoms with Gasteiger partial charge in [-0.3, -0.25) is 9.59 Å². The molecular formula is C16H21N3O2. The number of nitrogens with one attached hydrogen (secondary N) is 3. The van der Waals surface area contributed by atoms with Crippen LogP contribution >= 0.6 is 0 Å². The van der Waals surface area contributed by atoms with Crippen molar-refractivity contribution in [3.05, 3.63) is 36.0 Å². The highest BCUT2D eigenvalue weighted by molar-refractivity contribution is 6.06. The molecule has 0 saturated heterocycles. The highest BCUT2D eigenvalue weighted by Gasteiger charge is 2.11. The molecular weight excluding hydrogens is 266 g/mol. The highest BCUT2D eigenvalue weighted by atomic mass is 16.2. The Bertz CT molecular complexity index is 631. The second kappa shape index (κ2) is 6.92. The summed E-state index contributed by atoms with van der Waals surface area (Å²) in [5.74, 6) is 0.225. The van der Waals surface area contributed by atoms with E-state index in [1.807, 2.05) is 38.1 Å². The third kappa shape index (κ3) is 4.08. The topological polar surface area (TPSA) is 74.0 Å². The molecule has 2 rings (SSSR count). The van der Waals surface area contributed by atoms with Crippen LogP contribution in [0.3, 0.4) is 0 Å². The molecule has 2 amide bonds. The standard InChI is InChI=1S/C16H21N3O2/c1-11(2)9-15(20)17-7-8-18-16(21)13-10-19-14-6-4-3-5-12(13)14/h3-6,10-11,19H,7-9H2,1-2H3,(H,17,20)(H,18,21). The first-order valence-electron chi connectivity index (χ1n) is 7.19. The van der Waals surface area contributed by atoms with Crippen molar-refractivity contribution in [3.63, 3.8) is 0 Å². The van der Waals surface area contributed by atoms with Gasteiger partial charge in [-0.2, -0.15) is 0 Å². The van der Waals surface area contributed by atoms with Crippen molar-refractivity contribution in [1.29, 1.82) is 0 Å². The van der Waals surface area contributed by atoms with Crippen LogP contribution in [-0.4, -0.2) is 29.9 Å². The quantitative estimate of drug-likeness (QED) is 0.711. The Labute approximate surface area is 124 Å². The van der Waals surface area contributed by atoms with Crippen LogP contribution in [0.25, 0.3) is 10.9 Å². The van der Waals surface area contributed by atoms with Gasteiger partial charge in [0.05, 0.1) is 5.56 Å². The number of hydrogen-bond acceptors (Lipinski definition) is 2. The molecule has 0 aliphatic rings. The molecule has 5 heteroatoms. The molecule has 0 spiro atoms. The van der Waals surface area contributed by atoms with E-state index in [0.29, 0.717) is 31.0 Å². The van der Waals surface area contributed by atoms with Gasteiger partial charge in [0.2, 0.25) is 5.91 Å². The van der Waals surface area contributed by atoms with Gasteiger partial charge in [-0.15, -0.1) is 0 Å². The zero-order chi connectivity index (χ0) is 15.2. The van der Waals surface area contributed by atoms with E-state index in [-0.39, 0.29) is 11.8 Å². The molecule has 1 heterocycles. The summed E-state index contributed by atoms with van der Waals surface area (Å²) in [4.78, 5) is 26.6. The van der Waals surface area contributed by atoms with Gasteiger partial charge in [-0.05, 0) is 12.0 Å². The van der Waals surface area contributed by atoms with E-state index in [9.17, 15) is 9.59 Å². The number of aromatic amines is 1. The van der Waals surface area contributed by atoms with Gasteiger partial charge in [0, 0.05) is 36.6 Å². The Hall–Kier alpha value is -2.30. The summed E-state index contributed by atoms with van der Waals surface area (Å²) in [5, 5.41) is 6.50. The lowest BCUT2D eigenvalue weighted by atomic mass is 10.1. The summed E-state index contributed by atoms with van der Waals surface area (Å²) in [6.07, 6.45) is 2.22. The van der Waals surface area contributed by atoms with Crippen LogP contribution in [0, 0.1) is 5.92 Å². The number of carbonyl (C=O) groups is 2. The summed E-state index contributed by atoms with van der Waals surface area (Å²) in [6, 6.07) is 7.66. The van der Waals surface area contributed by atoms with Gasteiger partial charge >= 0.3 is 0 Å². The molecule has 0 bridgehead atoms. The number of fused-ring (bicyclic) bond motifs is 1. The maximum absolute atomic E-state index is 12.1. The van der Waals surface area contributed by atoms with E-state index in [4.69, 9.17) is 0 Å². The molecule has 0 fully saturated rings. The van der Waals surface area contributed by atoms with Gasteiger partial charge in [0.15, 0.2) is 0 Å². The molecule has 0 saturated carbocycles. The van der Waals surface area contributed by atoms with Gasteiger partial charge in [0.1, 0.15) is 0 Å². The Balaban J connectivity index is 1.81. The van der Waals surface area contributed by atoms with Crippen LogP contribution in [0.1, 0.15) is 30.6 Å². The van der Waals surface area contributed by atoms with Gasteiger partial charge in [-0.1, -0.05) is 32.0 Å². The Morgan fingerprint density at radius 3 is 2.62 bits per heavy atom. The maximum atomic E-state index is 12.1. The van der Waals surface area contributed by atoms with Crippen LogP contribution in [0.5, 0.6) is 0 Å². The number of para-hydroxylation sites is 1. The molecule has 21 heavy (non-hydrogen) atoms. The fourth-order valence-corrected chi connectivity index (χ4v) is 2.18. The molecule has 3 N–H and O–H groups in total. The lowest BCUT2D eigenvalue weighted by Crippen LogP contribution is -2.35. The zero-order valence-corrected chi connectivity index (χ0v) is 12.4. The minimum atomic E-state index is -0.134. The number of benzene rings is 1. The first-order valence-corrected chi connectivity index (χ1v) is 7.19. The van der Waals surface area contributed by atoms with E-state index in [2.05, 4.69) is 15.6 Å². The van der Waals surface area contributed by atoms with E-state index in [0.717, 1.165) is 10.9 Å². The van der Waals surface area contributed by atoms with E-state index in [1.54, 1.807) is 6.20 Å². The number of rotatable bonds is 6. The second-order valence-corrected chi connectivity index (χ2v) is 5.45. The van der Waals surface area contributed by atoms with Crippen molar-refractivity contribution in [2.45, 2.75) is 20.3 Å². The molecule has 0 unspecified atom stereocenters. The largest absolute Gasteiger partial charge is 0.360 e. The molecule has 1 aromatic carbocycles. The van der Waals surface area contributed by atoms with Crippen molar-refractivity contribution in [1.82, 2.24) is 15.6 Å². The van der Waals surface area contributed by atoms with Crippen LogP contribution in [0.2, 0.25) is 0 Å². The number of amides is 2. The van der Waals surface area contributed by atoms with Crippen LogP contribution in [0.4, 0.5) is 0 Å². The minimum absolute atomic E-state index is 0.0198. The number of aromatic nitrogens is 1. The SMILES string of the molecule is CC(C)CC(=O)NCCNC(=O)c1c[nH]c2ccccc12. The average molecular weight is 287 g/mol. The molecule has 0 radical (unpaired) electrons. The van der Waals surface area contributed by atoms with Gasteiger partial charge in [0.25, 0.3) is 5.91 Å². The summed E-state index contributed by atoms with van der Waals surface area (Å²) in [5.41, 5.74) is 1.56. The second-order valence-electron chi connectivity index (χ2n) is 5.45. The normalized spacial score (nSPS) is 10.8. The van der Waals surface area contributed by atoms with E-state index in [1.165, 1.54) is 0 Å². The van der Waals surface area contributed by atoms with Crippen LogP contribution < -0.4 is 10.6 Å². The summed E-state index contributed by atoms with van der Waals surface area (Å²) < 4.78 is 0. The number of H-pyrrole nitrogens is 1. The number of carbonyl (C=O) groups excluding carboxylic acids is 2. The van der Waals surface area contributed by atoms with Crippen LogP contribution in [0.15, 0.2) is 30.5 Å². The Kier molecular flexibility index (Phi) is 4.98. The third-order valence-corrected chi connectivity index (χ3v) is 3.16. The van der Waals surface area contributed by atoms with Crippen LogP contribution in [-0.2, 0) is 4.79 Å². The molecule has 0 aliphatic heterocycles. The molecule has 112 valence electrons. The van der Waals surface area contributed by atoms with Crippen molar-refractivity contribution in [3.8, 4) is 0 Å². The first-order chi connectivity index (χ1) is 10.1. The fraction of sp³-hybridized carbons (Fsp3) is 0.375. The number of hydrogen-bond donors (Lipinski definition) is 3. The fourth-order valence-electron chi connectivity index (χ4n) is 2.18. The molecule has 2 aromatic rings. The maximum Gasteiger partial charge on any atom is 0.253 e. The zero-order valence-electron chi connectivity index (χ0n) is 12.4. The van der Waals surface area contributed by atoms with Gasteiger partial charge < -0.3 is 15.6 Å². The molecule has 0 atom stereocenters. The highest BCUT2D eigenvalue weighted by Crippen LogP contribution is 2.17. The monoisotopic (exact) mass is 287 g/mol. The van der Waals surface area contributed by atoms with Crippen molar-refractivity contribution >= 4 is 22.7 Å². The van der Waals surface area contributed by atoms with Crippen molar-refractivity contribution in [2.75, 3.05) is 13.1 Å². The van der Waals surface area contributed by atoms with Crippen molar-refractivity contribution in [2.24, 2.45) is 5.92 Å². The smallest absolute Gasteiger partial charge is 0.253 e. The van der Waals surface area contributed by atoms with Gasteiger partial charge in [-0.25, -0.2) is 0 Å². The lowest BCUT2D eigenvalue weighted by Gasteiger charge is -2.08. The molecule has 5 nitrogen and oxygen atoms in total. The van der Waals surface area contributed by atoms with Crippen molar-refractivity contribution < 1.29 is 9.59 Å². The molecule has 1 aromatic heterocycles. The summed E-state index contributed by atoms with van der Waals surface area (Å²) in [7, 11) is 0.